The van der Waals surface area contributed by atoms with Crippen molar-refractivity contribution in [2.24, 2.45) is 5.41 Å². The largest absolute Gasteiger partial charge is 0.466 e. The topological polar surface area (TPSA) is 52.6 Å². The number of hydrogen-bond acceptors (Lipinski definition) is 4. The molecule has 0 bridgehead atoms. The minimum atomic E-state index is -0.223. The molecule has 0 aliphatic carbocycles. The van der Waals surface area contributed by atoms with Crippen LogP contribution in [0.2, 0.25) is 0 Å². The molecule has 0 aromatic rings. The van der Waals surface area contributed by atoms with E-state index in [2.05, 4.69) is 0 Å². The molecule has 0 unspecified atom stereocenters. The van der Waals surface area contributed by atoms with Gasteiger partial charge in [0.2, 0.25) is 0 Å². The van der Waals surface area contributed by atoms with E-state index in [1.54, 1.807) is 13.8 Å². The minimum Gasteiger partial charge on any atom is -0.466 e. The quantitative estimate of drug-likeness (QED) is 0.630. The molecule has 0 heterocycles. The minimum absolute atomic E-state index is 0.209. The van der Waals surface area contributed by atoms with Crippen molar-refractivity contribution in [3.8, 4) is 0 Å². The van der Waals surface area contributed by atoms with Gasteiger partial charge in [-0.25, -0.2) is 0 Å². The first-order chi connectivity index (χ1) is 7.41. The Kier molecular flexibility index (Phi) is 6.77. The number of esters is 2. The van der Waals surface area contributed by atoms with E-state index in [0.29, 0.717) is 32.5 Å². The maximum absolute atomic E-state index is 11.3. The van der Waals surface area contributed by atoms with E-state index >= 15 is 0 Å². The highest BCUT2D eigenvalue weighted by Crippen LogP contribution is 2.27. The van der Waals surface area contributed by atoms with Gasteiger partial charge in [-0.2, -0.15) is 0 Å². The van der Waals surface area contributed by atoms with Gasteiger partial charge in [-0.15, -0.1) is 0 Å². The highest BCUT2D eigenvalue weighted by Gasteiger charge is 2.23. The van der Waals surface area contributed by atoms with Crippen molar-refractivity contribution in [2.45, 2.75) is 47.0 Å². The van der Waals surface area contributed by atoms with Gasteiger partial charge in [0, 0.05) is 6.42 Å². The van der Waals surface area contributed by atoms with Crippen molar-refractivity contribution < 1.29 is 19.1 Å². The summed E-state index contributed by atoms with van der Waals surface area (Å²) in [5, 5.41) is 0. The Bertz CT molecular complexity index is 233. The Morgan fingerprint density at radius 1 is 1.00 bits per heavy atom. The summed E-state index contributed by atoms with van der Waals surface area (Å²) in [7, 11) is 0. The lowest BCUT2D eigenvalue weighted by molar-refractivity contribution is -0.148. The molecule has 0 saturated carbocycles. The Balaban J connectivity index is 3.94. The van der Waals surface area contributed by atoms with E-state index in [1.165, 1.54) is 0 Å². The molecule has 0 atom stereocenters. The summed E-state index contributed by atoms with van der Waals surface area (Å²) < 4.78 is 9.71. The zero-order chi connectivity index (χ0) is 12.6. The molecule has 0 N–H and O–H groups in total. The van der Waals surface area contributed by atoms with Crippen molar-refractivity contribution in [2.75, 3.05) is 13.2 Å². The van der Waals surface area contributed by atoms with Crippen molar-refractivity contribution >= 4 is 11.9 Å². The lowest BCUT2D eigenvalue weighted by Gasteiger charge is -2.22. The SMILES string of the molecule is CCOC(=O)CCC(C)(C)CC(=O)OCC. The van der Waals surface area contributed by atoms with E-state index in [-0.39, 0.29) is 17.4 Å². The number of rotatable bonds is 7. The molecule has 0 aromatic carbocycles. The summed E-state index contributed by atoms with van der Waals surface area (Å²) in [4.78, 5) is 22.5. The predicted octanol–water partition coefficient (Wildman–Crippen LogP) is 2.31. The maximum atomic E-state index is 11.3. The fraction of sp³-hybridized carbons (Fsp3) is 0.833. The van der Waals surface area contributed by atoms with Gasteiger partial charge >= 0.3 is 11.9 Å². The zero-order valence-electron chi connectivity index (χ0n) is 10.7. The Labute approximate surface area is 97.3 Å². The average Bonchev–Trinajstić information content (AvgIpc) is 2.15. The van der Waals surface area contributed by atoms with Crippen LogP contribution in [0.1, 0.15) is 47.0 Å². The summed E-state index contributed by atoms with van der Waals surface area (Å²) in [6.07, 6.45) is 1.31. The van der Waals surface area contributed by atoms with E-state index in [4.69, 9.17) is 9.47 Å². The summed E-state index contributed by atoms with van der Waals surface area (Å²) >= 11 is 0. The summed E-state index contributed by atoms with van der Waals surface area (Å²) in [5.41, 5.74) is -0.223. The zero-order valence-corrected chi connectivity index (χ0v) is 10.7. The number of ether oxygens (including phenoxy) is 2. The van der Waals surface area contributed by atoms with Gasteiger partial charge < -0.3 is 9.47 Å². The third kappa shape index (κ3) is 7.26. The van der Waals surface area contributed by atoms with E-state index < -0.39 is 0 Å². The molecule has 0 spiro atoms. The molecule has 0 aliphatic rings. The smallest absolute Gasteiger partial charge is 0.306 e. The van der Waals surface area contributed by atoms with Gasteiger partial charge in [-0.3, -0.25) is 9.59 Å². The third-order valence-electron chi connectivity index (χ3n) is 2.24. The molecule has 0 radical (unpaired) electrons. The summed E-state index contributed by atoms with van der Waals surface area (Å²) in [6, 6.07) is 0. The first-order valence-corrected chi connectivity index (χ1v) is 5.72. The van der Waals surface area contributed by atoms with Crippen LogP contribution in [-0.4, -0.2) is 25.2 Å². The van der Waals surface area contributed by atoms with Crippen molar-refractivity contribution in [1.82, 2.24) is 0 Å². The van der Waals surface area contributed by atoms with Crippen LogP contribution in [-0.2, 0) is 19.1 Å². The molecule has 4 heteroatoms. The third-order valence-corrected chi connectivity index (χ3v) is 2.24. The molecule has 16 heavy (non-hydrogen) atoms. The standard InChI is InChI=1S/C12H22O4/c1-5-15-10(13)7-8-12(3,4)9-11(14)16-6-2/h5-9H2,1-4H3. The lowest BCUT2D eigenvalue weighted by Crippen LogP contribution is -2.20. The van der Waals surface area contributed by atoms with Crippen LogP contribution in [0.4, 0.5) is 0 Å². The van der Waals surface area contributed by atoms with Gasteiger partial charge in [-0.1, -0.05) is 13.8 Å². The first-order valence-electron chi connectivity index (χ1n) is 5.72. The second-order valence-corrected chi connectivity index (χ2v) is 4.45. The normalized spacial score (nSPS) is 11.0. The molecule has 0 rings (SSSR count). The van der Waals surface area contributed by atoms with Crippen LogP contribution in [0.3, 0.4) is 0 Å². The summed E-state index contributed by atoms with van der Waals surface area (Å²) in [6.45, 7) is 8.25. The molecule has 0 saturated heterocycles. The van der Waals surface area contributed by atoms with Gasteiger partial charge in [0.15, 0.2) is 0 Å². The van der Waals surface area contributed by atoms with E-state index in [9.17, 15) is 9.59 Å². The van der Waals surface area contributed by atoms with Gasteiger partial charge in [-0.05, 0) is 25.7 Å². The highest BCUT2D eigenvalue weighted by molar-refractivity contribution is 5.71. The van der Waals surface area contributed by atoms with Gasteiger partial charge in [0.25, 0.3) is 0 Å². The van der Waals surface area contributed by atoms with Crippen LogP contribution >= 0.6 is 0 Å². The van der Waals surface area contributed by atoms with Crippen LogP contribution in [0.25, 0.3) is 0 Å². The number of carbonyl (C=O) groups is 2. The van der Waals surface area contributed by atoms with Crippen LogP contribution < -0.4 is 0 Å². The Morgan fingerprint density at radius 3 is 2.00 bits per heavy atom. The monoisotopic (exact) mass is 230 g/mol. The van der Waals surface area contributed by atoms with Gasteiger partial charge in [0.1, 0.15) is 0 Å². The second kappa shape index (κ2) is 7.25. The molecule has 0 fully saturated rings. The second-order valence-electron chi connectivity index (χ2n) is 4.45. The van der Waals surface area contributed by atoms with Crippen LogP contribution in [0.15, 0.2) is 0 Å². The molecule has 0 aliphatic heterocycles. The first kappa shape index (κ1) is 14.9. The van der Waals surface area contributed by atoms with Crippen molar-refractivity contribution in [3.63, 3.8) is 0 Å². The number of hydrogen-bond donors (Lipinski definition) is 0. The molecule has 4 nitrogen and oxygen atoms in total. The highest BCUT2D eigenvalue weighted by atomic mass is 16.5. The Hall–Kier alpha value is -1.06. The predicted molar refractivity (Wildman–Crippen MR) is 60.9 cm³/mol. The Morgan fingerprint density at radius 2 is 1.50 bits per heavy atom. The van der Waals surface area contributed by atoms with Crippen LogP contribution in [0, 0.1) is 5.41 Å². The fourth-order valence-electron chi connectivity index (χ4n) is 1.36. The maximum Gasteiger partial charge on any atom is 0.306 e. The number of carbonyl (C=O) groups excluding carboxylic acids is 2. The fourth-order valence-corrected chi connectivity index (χ4v) is 1.36. The summed E-state index contributed by atoms with van der Waals surface area (Å²) in [5.74, 6) is -0.421. The van der Waals surface area contributed by atoms with E-state index in [1.807, 2.05) is 13.8 Å². The molecule has 0 amide bonds. The van der Waals surface area contributed by atoms with Crippen molar-refractivity contribution in [1.29, 1.82) is 0 Å². The molecular weight excluding hydrogens is 208 g/mol. The molecule has 0 aromatic heterocycles. The van der Waals surface area contributed by atoms with Crippen molar-refractivity contribution in [3.05, 3.63) is 0 Å². The van der Waals surface area contributed by atoms with Gasteiger partial charge in [0.05, 0.1) is 19.6 Å². The lowest BCUT2D eigenvalue weighted by atomic mass is 9.84. The van der Waals surface area contributed by atoms with E-state index in [0.717, 1.165) is 0 Å². The molecule has 94 valence electrons. The molecular formula is C12H22O4. The van der Waals surface area contributed by atoms with Crippen LogP contribution in [0.5, 0.6) is 0 Å². The average molecular weight is 230 g/mol.